The molecule has 4 rings (SSSR count). The highest BCUT2D eigenvalue weighted by Crippen LogP contribution is 2.52. The molecule has 5 nitrogen and oxygen atoms in total. The first-order chi connectivity index (χ1) is 13.5. The Bertz CT molecular complexity index is 937. The molecule has 28 heavy (non-hydrogen) atoms. The predicted molar refractivity (Wildman–Crippen MR) is 110 cm³/mol. The van der Waals surface area contributed by atoms with Crippen LogP contribution >= 0.6 is 0 Å². The molecule has 1 heterocycles. The first-order valence-electron chi connectivity index (χ1n) is 9.88. The minimum Gasteiger partial charge on any atom is -0.508 e. The van der Waals surface area contributed by atoms with Gasteiger partial charge in [-0.05, 0) is 49.4 Å². The van der Waals surface area contributed by atoms with Gasteiger partial charge in [-0.1, -0.05) is 31.2 Å². The summed E-state index contributed by atoms with van der Waals surface area (Å²) in [6, 6.07) is 10.5. The monoisotopic (exact) mass is 378 g/mol. The van der Waals surface area contributed by atoms with Crippen molar-refractivity contribution in [2.24, 2.45) is 5.92 Å². The van der Waals surface area contributed by atoms with Crippen molar-refractivity contribution in [3.63, 3.8) is 0 Å². The van der Waals surface area contributed by atoms with Gasteiger partial charge in [0.15, 0.2) is 0 Å². The minimum absolute atomic E-state index is 0.0344. The van der Waals surface area contributed by atoms with Crippen molar-refractivity contribution < 1.29 is 15.0 Å². The zero-order valence-electron chi connectivity index (χ0n) is 16.1. The van der Waals surface area contributed by atoms with Gasteiger partial charge in [-0.3, -0.25) is 4.79 Å². The van der Waals surface area contributed by atoms with Crippen LogP contribution in [0.2, 0.25) is 0 Å². The summed E-state index contributed by atoms with van der Waals surface area (Å²) >= 11 is 0. The maximum absolute atomic E-state index is 12.9. The second-order valence-corrected chi connectivity index (χ2v) is 7.77. The average molecular weight is 378 g/mol. The molecule has 2 aromatic rings. The molecule has 146 valence electrons. The van der Waals surface area contributed by atoms with E-state index in [9.17, 15) is 15.0 Å². The van der Waals surface area contributed by atoms with E-state index in [0.717, 1.165) is 29.7 Å². The number of anilines is 1. The first kappa shape index (κ1) is 18.4. The normalized spacial score (nSPS) is 23.4. The number of aromatic hydroxyl groups is 2. The number of rotatable bonds is 4. The molecule has 1 amide bonds. The summed E-state index contributed by atoms with van der Waals surface area (Å²) in [7, 11) is 0. The lowest BCUT2D eigenvalue weighted by molar-refractivity contribution is 0.0939. The number of carbonyl (C=O) groups excluding carboxylic acids is 1. The molecule has 2 aromatic carbocycles. The Hall–Kier alpha value is -2.95. The summed E-state index contributed by atoms with van der Waals surface area (Å²) in [4.78, 5) is 12.9. The Labute approximate surface area is 165 Å². The second kappa shape index (κ2) is 7.23. The van der Waals surface area contributed by atoms with E-state index in [1.54, 1.807) is 12.1 Å². The zero-order chi connectivity index (χ0) is 19.8. The quantitative estimate of drug-likeness (QED) is 0.593. The number of phenols is 2. The fourth-order valence-corrected chi connectivity index (χ4v) is 4.32. The summed E-state index contributed by atoms with van der Waals surface area (Å²) in [5.74, 6) is 0.440. The highest BCUT2D eigenvalue weighted by Gasteiger charge is 2.40. The lowest BCUT2D eigenvalue weighted by Gasteiger charge is -2.38. The van der Waals surface area contributed by atoms with E-state index in [1.165, 1.54) is 6.07 Å². The Morgan fingerprint density at radius 3 is 2.82 bits per heavy atom. The van der Waals surface area contributed by atoms with Crippen LogP contribution < -0.4 is 10.6 Å². The lowest BCUT2D eigenvalue weighted by atomic mass is 9.76. The largest absolute Gasteiger partial charge is 0.508 e. The van der Waals surface area contributed by atoms with Crippen molar-refractivity contribution in [1.29, 1.82) is 0 Å². The highest BCUT2D eigenvalue weighted by molar-refractivity contribution is 6.01. The van der Waals surface area contributed by atoms with E-state index in [-0.39, 0.29) is 41.3 Å². The second-order valence-electron chi connectivity index (χ2n) is 7.77. The first-order valence-corrected chi connectivity index (χ1v) is 9.88. The van der Waals surface area contributed by atoms with Gasteiger partial charge >= 0.3 is 0 Å². The molecule has 5 heteroatoms. The summed E-state index contributed by atoms with van der Waals surface area (Å²) in [5, 5.41) is 26.7. The van der Waals surface area contributed by atoms with Gasteiger partial charge in [0.05, 0.1) is 17.3 Å². The van der Waals surface area contributed by atoms with Crippen LogP contribution in [0.15, 0.2) is 48.6 Å². The van der Waals surface area contributed by atoms with Gasteiger partial charge in [-0.25, -0.2) is 0 Å². The van der Waals surface area contributed by atoms with Gasteiger partial charge in [0.1, 0.15) is 11.5 Å². The van der Waals surface area contributed by atoms with E-state index >= 15 is 0 Å². The number of allylic oxidation sites excluding steroid dienone is 2. The Morgan fingerprint density at radius 1 is 1.25 bits per heavy atom. The highest BCUT2D eigenvalue weighted by atomic mass is 16.3. The van der Waals surface area contributed by atoms with Gasteiger partial charge in [0.25, 0.3) is 5.91 Å². The Kier molecular flexibility index (Phi) is 4.75. The van der Waals surface area contributed by atoms with E-state index in [2.05, 4.69) is 28.9 Å². The Morgan fingerprint density at radius 2 is 2.07 bits per heavy atom. The molecule has 0 fully saturated rings. The number of para-hydroxylation sites is 1. The van der Waals surface area contributed by atoms with Crippen LogP contribution in [0.1, 0.15) is 60.1 Å². The summed E-state index contributed by atoms with van der Waals surface area (Å²) in [6.07, 6.45) is 6.13. The van der Waals surface area contributed by atoms with Crippen molar-refractivity contribution >= 4 is 11.6 Å². The third kappa shape index (κ3) is 3.11. The van der Waals surface area contributed by atoms with Crippen molar-refractivity contribution in [2.75, 3.05) is 5.32 Å². The van der Waals surface area contributed by atoms with Crippen LogP contribution in [0.4, 0.5) is 5.69 Å². The van der Waals surface area contributed by atoms with E-state index in [4.69, 9.17) is 0 Å². The van der Waals surface area contributed by atoms with Crippen LogP contribution in [0.5, 0.6) is 11.5 Å². The predicted octanol–water partition coefficient (Wildman–Crippen LogP) is 4.45. The van der Waals surface area contributed by atoms with Crippen molar-refractivity contribution in [3.8, 4) is 11.5 Å². The third-order valence-electron chi connectivity index (χ3n) is 5.98. The van der Waals surface area contributed by atoms with Crippen LogP contribution in [0.25, 0.3) is 0 Å². The summed E-state index contributed by atoms with van der Waals surface area (Å²) in [6.45, 7) is 4.04. The SMILES string of the molecule is CCC(C)NC(=O)c1cccc2c1NC(c1ccc(O)cc1O)C1CC=CC21. The van der Waals surface area contributed by atoms with Gasteiger partial charge in [0.2, 0.25) is 0 Å². The zero-order valence-corrected chi connectivity index (χ0v) is 16.1. The van der Waals surface area contributed by atoms with E-state index in [0.29, 0.717) is 5.56 Å². The number of amides is 1. The molecule has 2 aliphatic rings. The molecule has 0 aromatic heterocycles. The maximum atomic E-state index is 12.9. The molecular formula is C23H26N2O3. The van der Waals surface area contributed by atoms with E-state index in [1.807, 2.05) is 26.0 Å². The number of benzene rings is 2. The third-order valence-corrected chi connectivity index (χ3v) is 5.98. The number of hydrogen-bond acceptors (Lipinski definition) is 4. The molecule has 4 unspecified atom stereocenters. The van der Waals surface area contributed by atoms with Gasteiger partial charge in [0, 0.05) is 23.6 Å². The number of hydrogen-bond donors (Lipinski definition) is 4. The fraction of sp³-hybridized carbons (Fsp3) is 0.348. The standard InChI is InChI=1S/C23H26N2O3/c1-3-13(2)24-23(28)19-9-5-8-17-15-6-4-7-16(15)21(25-22(17)19)18-11-10-14(26)12-20(18)27/h4-6,8-13,15-16,21,25-27H,3,7H2,1-2H3,(H,24,28). The molecule has 1 aliphatic carbocycles. The number of nitrogens with one attached hydrogen (secondary N) is 2. The average Bonchev–Trinajstić information content (AvgIpc) is 3.17. The van der Waals surface area contributed by atoms with Gasteiger partial charge in [-0.2, -0.15) is 0 Å². The molecule has 4 N–H and O–H groups in total. The van der Waals surface area contributed by atoms with Crippen molar-refractivity contribution in [3.05, 3.63) is 65.2 Å². The molecule has 0 radical (unpaired) electrons. The summed E-state index contributed by atoms with van der Waals surface area (Å²) in [5.41, 5.74) is 3.30. The molecule has 1 aliphatic heterocycles. The smallest absolute Gasteiger partial charge is 0.253 e. The molecule has 0 saturated heterocycles. The summed E-state index contributed by atoms with van der Waals surface area (Å²) < 4.78 is 0. The molecular weight excluding hydrogens is 352 g/mol. The van der Waals surface area contributed by atoms with Gasteiger partial charge < -0.3 is 20.8 Å². The van der Waals surface area contributed by atoms with Crippen molar-refractivity contribution in [1.82, 2.24) is 5.32 Å². The van der Waals surface area contributed by atoms with Crippen LogP contribution in [0, 0.1) is 5.92 Å². The minimum atomic E-state index is -0.148. The number of carbonyl (C=O) groups is 1. The molecule has 0 bridgehead atoms. The lowest BCUT2D eigenvalue weighted by Crippen LogP contribution is -2.35. The molecule has 0 spiro atoms. The fourth-order valence-electron chi connectivity index (χ4n) is 4.32. The van der Waals surface area contributed by atoms with Crippen LogP contribution in [-0.4, -0.2) is 22.2 Å². The number of phenolic OH excluding ortho intramolecular Hbond substituents is 2. The van der Waals surface area contributed by atoms with Crippen LogP contribution in [0.3, 0.4) is 0 Å². The van der Waals surface area contributed by atoms with Crippen LogP contribution in [-0.2, 0) is 0 Å². The Balaban J connectivity index is 1.77. The molecule has 0 saturated carbocycles. The number of fused-ring (bicyclic) bond motifs is 3. The maximum Gasteiger partial charge on any atom is 0.253 e. The molecule has 4 atom stereocenters. The van der Waals surface area contributed by atoms with Gasteiger partial charge in [-0.15, -0.1) is 0 Å². The topological polar surface area (TPSA) is 81.6 Å². The van der Waals surface area contributed by atoms with E-state index < -0.39 is 0 Å². The van der Waals surface area contributed by atoms with Crippen molar-refractivity contribution in [2.45, 2.75) is 44.7 Å².